The topological polar surface area (TPSA) is 91.2 Å². The third-order valence-electron chi connectivity index (χ3n) is 5.59. The van der Waals surface area contributed by atoms with Gasteiger partial charge in [-0.2, -0.15) is 5.26 Å². The molecule has 1 aliphatic rings. The second kappa shape index (κ2) is 12.3. The lowest BCUT2D eigenvalue weighted by Crippen LogP contribution is -2.31. The third-order valence-corrected chi connectivity index (χ3v) is 6.61. The van der Waals surface area contributed by atoms with Gasteiger partial charge < -0.3 is 15.4 Å². The quantitative estimate of drug-likeness (QED) is 0.428. The number of unbranched alkanes of at least 4 members (excludes halogenated alkanes) is 1. The molecule has 3 rings (SSSR count). The second-order valence-electron chi connectivity index (χ2n) is 8.55. The zero-order chi connectivity index (χ0) is 24.5. The molecular formula is C27H31N3O3S. The van der Waals surface area contributed by atoms with Gasteiger partial charge in [-0.15, -0.1) is 0 Å². The number of anilines is 1. The molecule has 0 spiro atoms. The molecule has 2 amide bonds. The summed E-state index contributed by atoms with van der Waals surface area (Å²) in [7, 11) is 0. The van der Waals surface area contributed by atoms with Gasteiger partial charge in [0.1, 0.15) is 5.75 Å². The van der Waals surface area contributed by atoms with Crippen LogP contribution >= 0.6 is 11.8 Å². The summed E-state index contributed by atoms with van der Waals surface area (Å²) in [5.74, 6) is 0.486. The van der Waals surface area contributed by atoms with E-state index >= 15 is 0 Å². The van der Waals surface area contributed by atoms with E-state index in [4.69, 9.17) is 4.74 Å². The van der Waals surface area contributed by atoms with Gasteiger partial charge in [0, 0.05) is 24.1 Å². The van der Waals surface area contributed by atoms with Crippen LogP contribution in [0.2, 0.25) is 0 Å². The van der Waals surface area contributed by atoms with Crippen molar-refractivity contribution < 1.29 is 14.3 Å². The van der Waals surface area contributed by atoms with Crippen LogP contribution in [0.15, 0.2) is 59.1 Å². The first-order chi connectivity index (χ1) is 16.4. The summed E-state index contributed by atoms with van der Waals surface area (Å²) in [6.45, 7) is 6.98. The summed E-state index contributed by atoms with van der Waals surface area (Å²) >= 11 is 1.17. The van der Waals surface area contributed by atoms with Crippen molar-refractivity contribution in [3.63, 3.8) is 0 Å². The molecule has 0 saturated heterocycles. The van der Waals surface area contributed by atoms with Crippen molar-refractivity contribution in [2.24, 2.45) is 0 Å². The number of benzene rings is 2. The van der Waals surface area contributed by atoms with Gasteiger partial charge in [-0.25, -0.2) is 0 Å². The molecular weight excluding hydrogens is 446 g/mol. The van der Waals surface area contributed by atoms with Gasteiger partial charge in [-0.1, -0.05) is 69.3 Å². The van der Waals surface area contributed by atoms with E-state index in [1.807, 2.05) is 36.4 Å². The van der Waals surface area contributed by atoms with Crippen LogP contribution in [0.25, 0.3) is 0 Å². The van der Waals surface area contributed by atoms with Crippen molar-refractivity contribution in [2.45, 2.75) is 51.9 Å². The average molecular weight is 478 g/mol. The molecule has 178 valence electrons. The van der Waals surface area contributed by atoms with Crippen LogP contribution in [0.4, 0.5) is 5.69 Å². The molecule has 0 fully saturated rings. The van der Waals surface area contributed by atoms with E-state index < -0.39 is 0 Å². The molecule has 1 atom stereocenters. The summed E-state index contributed by atoms with van der Waals surface area (Å²) in [6, 6.07) is 17.6. The predicted molar refractivity (Wildman–Crippen MR) is 137 cm³/mol. The third kappa shape index (κ3) is 6.88. The number of thioether (sulfide) groups is 1. The first-order valence-corrected chi connectivity index (χ1v) is 12.6. The molecule has 0 radical (unpaired) electrons. The summed E-state index contributed by atoms with van der Waals surface area (Å²) < 4.78 is 5.69. The Morgan fingerprint density at radius 3 is 2.71 bits per heavy atom. The fourth-order valence-electron chi connectivity index (χ4n) is 3.66. The number of carbonyl (C=O) groups is 2. The smallest absolute Gasteiger partial charge is 0.234 e. The van der Waals surface area contributed by atoms with Crippen LogP contribution in [0.5, 0.6) is 5.75 Å². The SMILES string of the molecule is CCCCOc1cccc(NC(=O)CSC2=C(C#N)C(c3ccc(C(C)C)cc3)CC(=O)N2)c1. The Morgan fingerprint density at radius 2 is 2.03 bits per heavy atom. The number of nitrogens with zero attached hydrogens (tertiary/aromatic N) is 1. The molecule has 2 N–H and O–H groups in total. The first kappa shape index (κ1) is 25.4. The predicted octanol–water partition coefficient (Wildman–Crippen LogP) is 5.70. The van der Waals surface area contributed by atoms with Crippen LogP contribution in [0.1, 0.15) is 63.0 Å². The Bertz CT molecular complexity index is 1090. The number of nitriles is 1. The molecule has 0 bridgehead atoms. The second-order valence-corrected chi connectivity index (χ2v) is 9.53. The molecule has 0 saturated carbocycles. The monoisotopic (exact) mass is 477 g/mol. The van der Waals surface area contributed by atoms with E-state index in [9.17, 15) is 14.9 Å². The van der Waals surface area contributed by atoms with E-state index in [0.29, 0.717) is 34.6 Å². The molecule has 1 unspecified atom stereocenters. The van der Waals surface area contributed by atoms with E-state index in [2.05, 4.69) is 37.5 Å². The Balaban J connectivity index is 1.67. The molecule has 6 nitrogen and oxygen atoms in total. The first-order valence-electron chi connectivity index (χ1n) is 11.6. The molecule has 34 heavy (non-hydrogen) atoms. The number of hydrogen-bond acceptors (Lipinski definition) is 5. The summed E-state index contributed by atoms with van der Waals surface area (Å²) in [4.78, 5) is 25.0. The lowest BCUT2D eigenvalue weighted by atomic mass is 9.86. The molecule has 2 aromatic carbocycles. The van der Waals surface area contributed by atoms with Crippen molar-refractivity contribution in [1.29, 1.82) is 5.26 Å². The number of amides is 2. The van der Waals surface area contributed by atoms with Crippen LogP contribution in [-0.4, -0.2) is 24.2 Å². The van der Waals surface area contributed by atoms with Gasteiger partial charge in [-0.3, -0.25) is 9.59 Å². The van der Waals surface area contributed by atoms with E-state index in [1.54, 1.807) is 12.1 Å². The summed E-state index contributed by atoms with van der Waals surface area (Å²) in [5.41, 5.74) is 3.27. The van der Waals surface area contributed by atoms with E-state index in [-0.39, 0.29) is 29.9 Å². The Labute approximate surface area is 205 Å². The molecule has 1 aliphatic heterocycles. The minimum absolute atomic E-state index is 0.0702. The molecule has 2 aromatic rings. The lowest BCUT2D eigenvalue weighted by Gasteiger charge is -2.25. The van der Waals surface area contributed by atoms with Crippen molar-refractivity contribution >= 4 is 29.3 Å². The normalized spacial score (nSPS) is 15.6. The number of allylic oxidation sites excluding steroid dienone is 1. The highest BCUT2D eigenvalue weighted by Gasteiger charge is 2.30. The Kier molecular flexibility index (Phi) is 9.17. The van der Waals surface area contributed by atoms with Gasteiger partial charge >= 0.3 is 0 Å². The number of ether oxygens (including phenoxy) is 1. The van der Waals surface area contributed by atoms with Gasteiger partial charge in [0.2, 0.25) is 11.8 Å². The summed E-state index contributed by atoms with van der Waals surface area (Å²) in [6.07, 6.45) is 2.23. The molecule has 7 heteroatoms. The zero-order valence-electron chi connectivity index (χ0n) is 19.9. The number of nitrogens with one attached hydrogen (secondary N) is 2. The van der Waals surface area contributed by atoms with Gasteiger partial charge in [-0.05, 0) is 35.6 Å². The van der Waals surface area contributed by atoms with Crippen molar-refractivity contribution in [2.75, 3.05) is 17.7 Å². The van der Waals surface area contributed by atoms with Crippen LogP contribution in [0, 0.1) is 11.3 Å². The minimum atomic E-state index is -0.317. The standard InChI is InChI=1S/C27H31N3O3S/c1-4-5-13-33-22-8-6-7-21(14-22)29-26(32)17-34-27-24(16-28)23(15-25(31)30-27)20-11-9-19(10-12-20)18(2)3/h6-12,14,18,23H,4-5,13,15,17H2,1-3H3,(H,29,32)(H,30,31). The fourth-order valence-corrected chi connectivity index (χ4v) is 4.54. The van der Waals surface area contributed by atoms with Crippen LogP contribution < -0.4 is 15.4 Å². The molecule has 1 heterocycles. The lowest BCUT2D eigenvalue weighted by molar-refractivity contribution is -0.121. The highest BCUT2D eigenvalue weighted by Crippen LogP contribution is 2.36. The molecule has 0 aromatic heterocycles. The maximum absolute atomic E-state index is 12.6. The maximum atomic E-state index is 12.6. The van der Waals surface area contributed by atoms with Crippen LogP contribution in [-0.2, 0) is 9.59 Å². The average Bonchev–Trinajstić information content (AvgIpc) is 2.83. The highest BCUT2D eigenvalue weighted by molar-refractivity contribution is 8.03. The maximum Gasteiger partial charge on any atom is 0.234 e. The van der Waals surface area contributed by atoms with Gasteiger partial charge in [0.05, 0.1) is 29.0 Å². The molecule has 0 aliphatic carbocycles. The van der Waals surface area contributed by atoms with Crippen molar-refractivity contribution in [3.8, 4) is 11.8 Å². The number of carbonyl (C=O) groups excluding carboxylic acids is 2. The Hall–Kier alpha value is -3.24. The largest absolute Gasteiger partial charge is 0.494 e. The van der Waals surface area contributed by atoms with Crippen molar-refractivity contribution in [1.82, 2.24) is 5.32 Å². The minimum Gasteiger partial charge on any atom is -0.494 e. The fraction of sp³-hybridized carbons (Fsp3) is 0.370. The van der Waals surface area contributed by atoms with Gasteiger partial charge in [0.25, 0.3) is 0 Å². The van der Waals surface area contributed by atoms with E-state index in [1.165, 1.54) is 17.3 Å². The number of rotatable bonds is 10. The Morgan fingerprint density at radius 1 is 1.26 bits per heavy atom. The van der Waals surface area contributed by atoms with Crippen LogP contribution in [0.3, 0.4) is 0 Å². The number of hydrogen-bond donors (Lipinski definition) is 2. The van der Waals surface area contributed by atoms with E-state index in [0.717, 1.165) is 18.4 Å². The van der Waals surface area contributed by atoms with Crippen molar-refractivity contribution in [3.05, 3.63) is 70.3 Å². The highest BCUT2D eigenvalue weighted by atomic mass is 32.2. The van der Waals surface area contributed by atoms with Gasteiger partial charge in [0.15, 0.2) is 0 Å². The zero-order valence-corrected chi connectivity index (χ0v) is 20.7. The summed E-state index contributed by atoms with van der Waals surface area (Å²) in [5, 5.41) is 15.9.